The van der Waals surface area contributed by atoms with Crippen molar-refractivity contribution >= 4 is 65.2 Å². The maximum absolute atomic E-state index is 2.43. The van der Waals surface area contributed by atoms with Crippen LogP contribution in [0, 0.1) is 0 Å². The molecule has 11 aromatic carbocycles. The molecular weight excluding hydrogens is 821 g/mol. The first-order chi connectivity index (χ1) is 33.6. The van der Waals surface area contributed by atoms with Crippen molar-refractivity contribution in [2.45, 2.75) is 26.9 Å². The second-order valence-corrected chi connectivity index (χ2v) is 18.1. The Morgan fingerprint density at radius 2 is 0.515 bits per heavy atom. The number of aryl methyl sites for hydroxylation is 2. The Bertz CT molecular complexity index is 3790. The minimum Gasteiger partial charge on any atom is -0.341 e. The van der Waals surface area contributed by atoms with Crippen molar-refractivity contribution in [2.24, 2.45) is 0 Å². The zero-order valence-electron chi connectivity index (χ0n) is 38.2. The summed E-state index contributed by atoms with van der Waals surface area (Å²) in [5.74, 6) is 0. The summed E-state index contributed by atoms with van der Waals surface area (Å²) in [4.78, 5) is 0. The van der Waals surface area contributed by atoms with E-state index in [2.05, 4.69) is 254 Å². The molecule has 0 aliphatic heterocycles. The predicted octanol–water partition coefficient (Wildman–Crippen LogP) is 18.3. The normalized spacial score (nSPS) is 11.8. The zero-order chi connectivity index (χ0) is 45.3. The number of benzene rings is 11. The lowest BCUT2D eigenvalue weighted by atomic mass is 9.83. The van der Waals surface area contributed by atoms with E-state index in [-0.39, 0.29) is 0 Å². The second-order valence-electron chi connectivity index (χ2n) is 18.1. The third-order valence-electron chi connectivity index (χ3n) is 14.5. The van der Waals surface area contributed by atoms with Gasteiger partial charge < -0.3 is 9.13 Å². The van der Waals surface area contributed by atoms with Gasteiger partial charge in [0.05, 0.1) is 0 Å². The summed E-state index contributed by atoms with van der Waals surface area (Å²) in [5.41, 5.74) is 19.7. The van der Waals surface area contributed by atoms with Crippen LogP contribution in [0.3, 0.4) is 0 Å². The van der Waals surface area contributed by atoms with E-state index < -0.39 is 0 Å². The van der Waals surface area contributed by atoms with Crippen molar-refractivity contribution < 1.29 is 0 Å². The van der Waals surface area contributed by atoms with Gasteiger partial charge in [-0.15, -0.1) is 0 Å². The van der Waals surface area contributed by atoms with Crippen LogP contribution in [0.25, 0.3) is 132 Å². The second kappa shape index (κ2) is 16.2. The highest BCUT2D eigenvalue weighted by molar-refractivity contribution is 6.23. The molecular formula is C66H48N2. The van der Waals surface area contributed by atoms with Gasteiger partial charge in [-0.25, -0.2) is 0 Å². The fraction of sp³-hybridized carbons (Fsp3) is 0.0606. The van der Waals surface area contributed by atoms with Crippen LogP contribution in [0.4, 0.5) is 0 Å². The first-order valence-corrected chi connectivity index (χ1v) is 24.0. The number of aromatic nitrogens is 2. The Hall–Kier alpha value is -8.46. The number of rotatable bonds is 8. The van der Waals surface area contributed by atoms with Crippen molar-refractivity contribution in [3.63, 3.8) is 0 Å². The molecule has 0 spiro atoms. The summed E-state index contributed by atoms with van der Waals surface area (Å²) in [5, 5.41) is 10.2. The minimum absolute atomic E-state index is 0.937. The topological polar surface area (TPSA) is 9.86 Å². The summed E-state index contributed by atoms with van der Waals surface area (Å²) in [6, 6.07) is 85.9. The van der Waals surface area contributed by atoms with E-state index in [4.69, 9.17) is 0 Å². The lowest BCUT2D eigenvalue weighted by Crippen LogP contribution is -1.93. The van der Waals surface area contributed by atoms with Gasteiger partial charge in [-0.3, -0.25) is 0 Å². The first kappa shape index (κ1) is 39.9. The molecule has 0 radical (unpaired) electrons. The van der Waals surface area contributed by atoms with Crippen molar-refractivity contribution in [1.29, 1.82) is 0 Å². The van der Waals surface area contributed by atoms with Crippen LogP contribution in [0.2, 0.25) is 0 Å². The van der Waals surface area contributed by atoms with Gasteiger partial charge in [0.15, 0.2) is 0 Å². The van der Waals surface area contributed by atoms with Crippen molar-refractivity contribution in [2.75, 3.05) is 0 Å². The molecule has 2 aromatic heterocycles. The van der Waals surface area contributed by atoms with E-state index in [1.807, 2.05) is 0 Å². The quantitative estimate of drug-likeness (QED) is 0.135. The summed E-state index contributed by atoms with van der Waals surface area (Å²) in [6.07, 6.45) is 0. The average Bonchev–Trinajstić information content (AvgIpc) is 3.91. The Balaban J connectivity index is 1.00. The Labute approximate surface area is 396 Å². The van der Waals surface area contributed by atoms with Gasteiger partial charge in [-0.1, -0.05) is 182 Å². The molecule has 0 bridgehead atoms. The molecule has 322 valence electrons. The standard InChI is InChI=1S/C66H48N2/c1-3-67-61-21-13-11-19-53(61)57-39-51(33-37-63(57)67)45-23-27-47(28-24-45)65-55-35-31-50(44-17-9-6-10-18-44)42-60(55)66(56-36-32-49(41-59(56)65)43-15-7-5-8-16-43)48-29-25-46(26-30-48)52-34-38-64-58(40-52)54-20-12-14-22-62(54)68(64)4-2/h5-42H,3-4H2,1-2H3. The molecule has 13 rings (SSSR count). The molecule has 0 unspecified atom stereocenters. The van der Waals surface area contributed by atoms with Gasteiger partial charge in [0, 0.05) is 56.7 Å². The summed E-state index contributed by atoms with van der Waals surface area (Å²) < 4.78 is 4.85. The van der Waals surface area contributed by atoms with E-state index >= 15 is 0 Å². The smallest absolute Gasteiger partial charge is 0.0491 e. The van der Waals surface area contributed by atoms with Gasteiger partial charge in [0.2, 0.25) is 0 Å². The molecule has 2 nitrogen and oxygen atoms in total. The fourth-order valence-corrected chi connectivity index (χ4v) is 11.3. The van der Waals surface area contributed by atoms with Gasteiger partial charge in [0.1, 0.15) is 0 Å². The van der Waals surface area contributed by atoms with E-state index in [0.717, 1.165) is 13.1 Å². The van der Waals surface area contributed by atoms with Crippen LogP contribution in [-0.2, 0) is 13.1 Å². The highest BCUT2D eigenvalue weighted by Gasteiger charge is 2.20. The number of hydrogen-bond acceptors (Lipinski definition) is 0. The molecule has 0 saturated carbocycles. The van der Waals surface area contributed by atoms with Gasteiger partial charge >= 0.3 is 0 Å². The van der Waals surface area contributed by atoms with Crippen LogP contribution >= 0.6 is 0 Å². The van der Waals surface area contributed by atoms with Crippen LogP contribution in [0.5, 0.6) is 0 Å². The SMILES string of the molecule is CCn1c2ccccc2c2cc(-c3ccc(-c4c5ccc(-c6ccccc6)cc5c(-c5ccc(-c6ccc7c(c6)c6ccccc6n7CC)cc5)c5ccc(-c6ccccc6)cc45)cc3)ccc21. The van der Waals surface area contributed by atoms with Crippen LogP contribution in [-0.4, -0.2) is 9.13 Å². The molecule has 2 heteroatoms. The number of hydrogen-bond donors (Lipinski definition) is 0. The molecule has 0 amide bonds. The molecule has 0 aliphatic carbocycles. The maximum atomic E-state index is 2.43. The largest absolute Gasteiger partial charge is 0.341 e. The van der Waals surface area contributed by atoms with Gasteiger partial charge in [-0.05, 0) is 151 Å². The lowest BCUT2D eigenvalue weighted by Gasteiger charge is -2.20. The number of nitrogens with zero attached hydrogens (tertiary/aromatic N) is 2. The summed E-state index contributed by atoms with van der Waals surface area (Å²) >= 11 is 0. The molecule has 0 saturated heterocycles. The van der Waals surface area contributed by atoms with Crippen LogP contribution in [0.1, 0.15) is 13.8 Å². The molecule has 13 aromatic rings. The third-order valence-corrected chi connectivity index (χ3v) is 14.5. The van der Waals surface area contributed by atoms with E-state index in [0.29, 0.717) is 0 Å². The molecule has 0 N–H and O–H groups in total. The number of fused-ring (bicyclic) bond motifs is 8. The zero-order valence-corrected chi connectivity index (χ0v) is 38.2. The monoisotopic (exact) mass is 868 g/mol. The Morgan fingerprint density at radius 3 is 0.912 bits per heavy atom. The summed E-state index contributed by atoms with van der Waals surface area (Å²) in [6.45, 7) is 6.33. The highest BCUT2D eigenvalue weighted by Crippen LogP contribution is 2.47. The molecule has 68 heavy (non-hydrogen) atoms. The summed E-state index contributed by atoms with van der Waals surface area (Å²) in [7, 11) is 0. The number of para-hydroxylation sites is 2. The lowest BCUT2D eigenvalue weighted by molar-refractivity contribution is 0.827. The van der Waals surface area contributed by atoms with Gasteiger partial charge in [-0.2, -0.15) is 0 Å². The molecule has 0 atom stereocenters. The molecule has 0 fully saturated rings. The minimum atomic E-state index is 0.937. The van der Waals surface area contributed by atoms with Crippen molar-refractivity contribution in [1.82, 2.24) is 9.13 Å². The van der Waals surface area contributed by atoms with E-state index in [1.165, 1.54) is 132 Å². The highest BCUT2D eigenvalue weighted by atomic mass is 15.0. The van der Waals surface area contributed by atoms with Crippen LogP contribution < -0.4 is 0 Å². The van der Waals surface area contributed by atoms with E-state index in [9.17, 15) is 0 Å². The Kier molecular flexibility index (Phi) is 9.47. The van der Waals surface area contributed by atoms with E-state index in [1.54, 1.807) is 0 Å². The van der Waals surface area contributed by atoms with Crippen LogP contribution in [0.15, 0.2) is 231 Å². The third kappa shape index (κ3) is 6.40. The average molecular weight is 869 g/mol. The fourth-order valence-electron chi connectivity index (χ4n) is 11.3. The molecule has 0 aliphatic rings. The first-order valence-electron chi connectivity index (χ1n) is 24.0. The Morgan fingerprint density at radius 1 is 0.221 bits per heavy atom. The predicted molar refractivity (Wildman–Crippen MR) is 291 cm³/mol. The van der Waals surface area contributed by atoms with Crippen molar-refractivity contribution in [3.8, 4) is 66.8 Å². The maximum Gasteiger partial charge on any atom is 0.0491 e. The van der Waals surface area contributed by atoms with Crippen molar-refractivity contribution in [3.05, 3.63) is 231 Å². The van der Waals surface area contributed by atoms with Gasteiger partial charge in [0.25, 0.3) is 0 Å². The molecule has 2 heterocycles.